The Morgan fingerprint density at radius 2 is 1.54 bits per heavy atom. The molecule has 0 aromatic heterocycles. The van der Waals surface area contributed by atoms with Gasteiger partial charge in [0.1, 0.15) is 5.84 Å². The van der Waals surface area contributed by atoms with Crippen molar-refractivity contribution in [3.63, 3.8) is 0 Å². The summed E-state index contributed by atoms with van der Waals surface area (Å²) in [5.41, 5.74) is -1.64. The number of hydrogen-bond donors (Lipinski definition) is 1. The van der Waals surface area contributed by atoms with E-state index in [1.54, 1.807) is 0 Å². The number of rotatable bonds is 10. The van der Waals surface area contributed by atoms with Crippen LogP contribution < -0.4 is 0 Å². The minimum atomic E-state index is -1.21. The molecule has 0 aliphatic carbocycles. The zero-order valence-corrected chi connectivity index (χ0v) is 19.6. The first kappa shape index (κ1) is 27.1. The molecule has 0 amide bonds. The number of phenols is 1. The lowest BCUT2D eigenvalue weighted by atomic mass is 10.1. The lowest BCUT2D eigenvalue weighted by Gasteiger charge is -2.25. The Morgan fingerprint density at radius 1 is 0.971 bits per heavy atom. The highest BCUT2D eigenvalue weighted by atomic mass is 16.6. The van der Waals surface area contributed by atoms with Crippen molar-refractivity contribution in [1.82, 2.24) is 9.80 Å². The van der Waals surface area contributed by atoms with Gasteiger partial charge in [0.2, 0.25) is 0 Å². The van der Waals surface area contributed by atoms with E-state index in [9.17, 15) is 30.3 Å². The molecule has 13 nitrogen and oxygen atoms in total. The lowest BCUT2D eigenvalue weighted by molar-refractivity contribution is -0.404. The zero-order chi connectivity index (χ0) is 26.0. The second-order valence-electron chi connectivity index (χ2n) is 7.58. The summed E-state index contributed by atoms with van der Waals surface area (Å²) in [5.74, 6) is 0.0546. The molecular weight excluding hydrogens is 460 g/mol. The maximum absolute atomic E-state index is 10.4. The Labute approximate surface area is 201 Å². The van der Waals surface area contributed by atoms with Crippen molar-refractivity contribution in [2.45, 2.75) is 20.3 Å². The summed E-state index contributed by atoms with van der Waals surface area (Å²) in [6.45, 7) is 11.0. The molecule has 0 saturated heterocycles. The van der Waals surface area contributed by atoms with E-state index >= 15 is 0 Å². The van der Waals surface area contributed by atoms with Crippen LogP contribution in [0.3, 0.4) is 0 Å². The molecule has 2 aromatic carbocycles. The van der Waals surface area contributed by atoms with Gasteiger partial charge in [-0.1, -0.05) is 44.2 Å². The Bertz CT molecular complexity index is 1040. The molecule has 0 fully saturated rings. The van der Waals surface area contributed by atoms with E-state index in [4.69, 9.17) is 5.11 Å². The highest BCUT2D eigenvalue weighted by Gasteiger charge is 2.30. The predicted octanol–water partition coefficient (Wildman–Crippen LogP) is 3.40. The number of nitrogens with zero attached hydrogens (tertiary/aromatic N) is 6. The van der Waals surface area contributed by atoms with E-state index in [2.05, 4.69) is 59.0 Å². The van der Waals surface area contributed by atoms with Crippen molar-refractivity contribution in [3.8, 4) is 5.75 Å². The van der Waals surface area contributed by atoms with Crippen molar-refractivity contribution in [3.05, 3.63) is 78.4 Å². The number of phenolic OH excluding ortho intramolecular Hbond substituents is 1. The first-order valence-electron chi connectivity index (χ1n) is 11.0. The molecule has 1 aliphatic rings. The summed E-state index contributed by atoms with van der Waals surface area (Å²) in [6, 6.07) is 11.5. The van der Waals surface area contributed by atoms with E-state index in [1.807, 2.05) is 0 Å². The van der Waals surface area contributed by atoms with Crippen LogP contribution >= 0.6 is 0 Å². The second-order valence-corrected chi connectivity index (χ2v) is 7.58. The van der Waals surface area contributed by atoms with Gasteiger partial charge in [0.05, 0.1) is 33.4 Å². The van der Waals surface area contributed by atoms with Crippen molar-refractivity contribution < 1.29 is 19.9 Å². The monoisotopic (exact) mass is 488 g/mol. The fraction of sp³-hybridized carbons (Fsp3) is 0.409. The van der Waals surface area contributed by atoms with Gasteiger partial charge in [0.25, 0.3) is 11.4 Å². The molecule has 0 spiro atoms. The number of hydrogen-bond acceptors (Lipinski definition) is 10. The first-order valence-corrected chi connectivity index (χ1v) is 11.0. The summed E-state index contributed by atoms with van der Waals surface area (Å²) >= 11 is 0. The van der Waals surface area contributed by atoms with Gasteiger partial charge < -0.3 is 14.9 Å². The molecule has 1 aliphatic heterocycles. The van der Waals surface area contributed by atoms with Crippen molar-refractivity contribution in [1.29, 1.82) is 0 Å². The van der Waals surface area contributed by atoms with Crippen LogP contribution in [0.4, 0.5) is 17.1 Å². The molecule has 2 aromatic rings. The summed E-state index contributed by atoms with van der Waals surface area (Å²) in [7, 11) is 0. The molecule has 188 valence electrons. The number of nitro benzene ring substituents is 3. The van der Waals surface area contributed by atoms with Gasteiger partial charge >= 0.3 is 11.4 Å². The van der Waals surface area contributed by atoms with Gasteiger partial charge in [-0.2, -0.15) is 0 Å². The number of aliphatic imine (C=N–C) groups is 1. The van der Waals surface area contributed by atoms with Crippen LogP contribution in [0.25, 0.3) is 0 Å². The van der Waals surface area contributed by atoms with Crippen LogP contribution in [0.1, 0.15) is 19.4 Å². The lowest BCUT2D eigenvalue weighted by Crippen LogP contribution is -2.37. The Balaban J connectivity index is 0.000000251. The molecule has 0 unspecified atom stereocenters. The number of nitro groups is 3. The van der Waals surface area contributed by atoms with Crippen LogP contribution in [0.2, 0.25) is 0 Å². The third kappa shape index (κ3) is 7.71. The fourth-order valence-electron chi connectivity index (χ4n) is 3.49. The van der Waals surface area contributed by atoms with Crippen LogP contribution in [0.5, 0.6) is 5.75 Å². The minimum Gasteiger partial charge on any atom is -0.497 e. The molecular formula is C22H28N6O7. The molecule has 0 bridgehead atoms. The van der Waals surface area contributed by atoms with E-state index in [0.717, 1.165) is 45.7 Å². The summed E-state index contributed by atoms with van der Waals surface area (Å²) in [6.07, 6.45) is 0.971. The maximum Gasteiger partial charge on any atom is 0.324 e. The van der Waals surface area contributed by atoms with E-state index in [-0.39, 0.29) is 0 Å². The van der Waals surface area contributed by atoms with Crippen LogP contribution in [-0.2, 0) is 6.42 Å². The van der Waals surface area contributed by atoms with Crippen LogP contribution in [-0.4, -0.2) is 74.8 Å². The molecule has 1 N–H and O–H groups in total. The predicted molar refractivity (Wildman–Crippen MR) is 130 cm³/mol. The standard InChI is InChI=1S/C16H25N3.C6H3N3O7/c1-3-18(4-2)12-13-19-11-10-17-16(19)14-15-8-6-5-7-9-15;10-6-4(8(13)14)1-3(7(11)12)2-5(6)9(15)16/h5-9H,3-4,10-14H2,1-2H3;1-2,10H. The normalized spacial score (nSPS) is 12.7. The van der Waals surface area contributed by atoms with Gasteiger partial charge in [-0.25, -0.2) is 0 Å². The number of likely N-dealkylation sites (N-methyl/N-ethyl adjacent to an activating group) is 1. The smallest absolute Gasteiger partial charge is 0.324 e. The first-order chi connectivity index (χ1) is 16.7. The number of aromatic hydroxyl groups is 1. The molecule has 0 saturated carbocycles. The highest BCUT2D eigenvalue weighted by molar-refractivity contribution is 5.85. The van der Waals surface area contributed by atoms with E-state index < -0.39 is 37.6 Å². The van der Waals surface area contributed by atoms with E-state index in [0.29, 0.717) is 12.1 Å². The minimum absolute atomic E-state index is 0.447. The topological polar surface area (TPSA) is 168 Å². The molecule has 13 heteroatoms. The van der Waals surface area contributed by atoms with Gasteiger partial charge in [0.15, 0.2) is 0 Å². The largest absolute Gasteiger partial charge is 0.497 e. The van der Waals surface area contributed by atoms with Gasteiger partial charge in [0, 0.05) is 26.1 Å². The average Bonchev–Trinajstić information content (AvgIpc) is 3.27. The number of non-ortho nitro benzene ring substituents is 1. The molecule has 35 heavy (non-hydrogen) atoms. The SMILES string of the molecule is CCN(CC)CCN1CCN=C1Cc1ccccc1.O=[N+]([O-])c1cc([N+](=O)[O-])c(O)c([N+](=O)[O-])c1. The molecule has 3 rings (SSSR count). The van der Waals surface area contributed by atoms with Crippen LogP contribution in [0.15, 0.2) is 47.5 Å². The molecule has 0 radical (unpaired) electrons. The van der Waals surface area contributed by atoms with E-state index in [1.165, 1.54) is 11.4 Å². The van der Waals surface area contributed by atoms with Gasteiger partial charge in [-0.05, 0) is 18.7 Å². The van der Waals surface area contributed by atoms with Crippen molar-refractivity contribution in [2.24, 2.45) is 4.99 Å². The van der Waals surface area contributed by atoms with Gasteiger partial charge in [-0.3, -0.25) is 35.3 Å². The Hall–Kier alpha value is -4.13. The Kier molecular flexibility index (Phi) is 10.0. The highest BCUT2D eigenvalue weighted by Crippen LogP contribution is 2.38. The third-order valence-corrected chi connectivity index (χ3v) is 5.47. The molecule has 0 atom stereocenters. The zero-order valence-electron chi connectivity index (χ0n) is 19.6. The quantitative estimate of drug-likeness (QED) is 0.389. The average molecular weight is 489 g/mol. The summed E-state index contributed by atoms with van der Waals surface area (Å²) in [5, 5.41) is 40.2. The fourth-order valence-corrected chi connectivity index (χ4v) is 3.49. The second kappa shape index (κ2) is 12.9. The summed E-state index contributed by atoms with van der Waals surface area (Å²) < 4.78 is 0. The van der Waals surface area contributed by atoms with Crippen LogP contribution in [0, 0.1) is 30.3 Å². The van der Waals surface area contributed by atoms with Crippen molar-refractivity contribution >= 4 is 22.9 Å². The number of benzene rings is 2. The summed E-state index contributed by atoms with van der Waals surface area (Å²) in [4.78, 5) is 37.4. The Morgan fingerprint density at radius 3 is 2.03 bits per heavy atom. The third-order valence-electron chi connectivity index (χ3n) is 5.47. The molecule has 1 heterocycles. The maximum atomic E-state index is 10.4. The van der Waals surface area contributed by atoms with Gasteiger partial charge in [-0.15, -0.1) is 0 Å². The van der Waals surface area contributed by atoms with Crippen molar-refractivity contribution in [2.75, 3.05) is 39.3 Å². The number of amidine groups is 1.